The molecule has 0 saturated carbocycles. The Labute approximate surface area is 323 Å². The molecule has 0 aliphatic rings. The maximum absolute atomic E-state index is 12.5. The van der Waals surface area contributed by atoms with Crippen molar-refractivity contribution in [2.45, 2.75) is 231 Å². The summed E-state index contributed by atoms with van der Waals surface area (Å²) in [6, 6.07) is -0.749. The predicted molar refractivity (Wildman–Crippen MR) is 222 cm³/mol. The molecule has 0 heterocycles. The molecule has 0 bridgehead atoms. The summed E-state index contributed by atoms with van der Waals surface area (Å²) >= 11 is 0. The number of aliphatic hydroxyl groups is 1. The van der Waals surface area contributed by atoms with Gasteiger partial charge < -0.3 is 19.8 Å². The van der Waals surface area contributed by atoms with Gasteiger partial charge in [0.25, 0.3) is 0 Å². The molecule has 0 rings (SSSR count). The number of nitrogens with one attached hydrogen (secondary N) is 1. The number of hydrogen-bond acceptors (Lipinski definition) is 5. The highest BCUT2D eigenvalue weighted by molar-refractivity contribution is 7.47. The fourth-order valence-electron chi connectivity index (χ4n) is 6.75. The number of unbranched alkanes of at least 4 members (excludes halogenated alkanes) is 28. The summed E-state index contributed by atoms with van der Waals surface area (Å²) in [5.74, 6) is -0.167. The lowest BCUT2D eigenvalue weighted by molar-refractivity contribution is -0.870. The third-order valence-electron chi connectivity index (χ3n) is 10.4. The van der Waals surface area contributed by atoms with Crippen molar-refractivity contribution in [2.75, 3.05) is 40.9 Å². The Bertz CT molecular complexity index is 824. The van der Waals surface area contributed by atoms with Gasteiger partial charge in [-0.25, -0.2) is 4.57 Å². The molecule has 0 spiro atoms. The van der Waals surface area contributed by atoms with Gasteiger partial charge in [-0.2, -0.15) is 0 Å². The average molecular weight is 762 g/mol. The molecule has 52 heavy (non-hydrogen) atoms. The maximum atomic E-state index is 12.5. The van der Waals surface area contributed by atoms with Gasteiger partial charge in [0.15, 0.2) is 0 Å². The molecule has 3 unspecified atom stereocenters. The highest BCUT2D eigenvalue weighted by atomic mass is 31.2. The molecule has 0 aromatic rings. The summed E-state index contributed by atoms with van der Waals surface area (Å²) in [4.78, 5) is 22.6. The lowest BCUT2D eigenvalue weighted by Crippen LogP contribution is -2.46. The fourth-order valence-corrected chi connectivity index (χ4v) is 7.49. The number of nitrogens with zero attached hydrogens (tertiary/aromatic N) is 1. The normalized spacial score (nSPS) is 14.4. The van der Waals surface area contributed by atoms with Crippen LogP contribution in [-0.4, -0.2) is 73.4 Å². The SMILES string of the molecule is CCCCCCCCCCCCCCCCCCCCCCCCCCCCCC(O)C(COP(=O)(O)OCC[N+](C)(C)C)NC(=O)CCCCC. The minimum absolute atomic E-state index is 0.0769. The molecule has 3 N–H and O–H groups in total. The number of aliphatic hydroxyl groups excluding tert-OH is 1. The first-order chi connectivity index (χ1) is 25.0. The molecule has 8 nitrogen and oxygen atoms in total. The Morgan fingerprint density at radius 1 is 0.577 bits per heavy atom. The first-order valence-corrected chi connectivity index (χ1v) is 23.9. The van der Waals surface area contributed by atoms with Gasteiger partial charge >= 0.3 is 7.82 Å². The van der Waals surface area contributed by atoms with E-state index in [4.69, 9.17) is 9.05 Å². The van der Waals surface area contributed by atoms with E-state index in [-0.39, 0.29) is 19.1 Å². The second-order valence-electron chi connectivity index (χ2n) is 16.8. The van der Waals surface area contributed by atoms with Crippen LogP contribution in [0, 0.1) is 0 Å². The number of hydrogen-bond donors (Lipinski definition) is 3. The molecule has 0 radical (unpaired) electrons. The van der Waals surface area contributed by atoms with Crippen LogP contribution >= 0.6 is 7.82 Å². The van der Waals surface area contributed by atoms with E-state index in [0.717, 1.165) is 38.5 Å². The minimum Gasteiger partial charge on any atom is -0.391 e. The number of carbonyl (C=O) groups is 1. The Balaban J connectivity index is 3.82. The van der Waals surface area contributed by atoms with Gasteiger partial charge in [-0.15, -0.1) is 0 Å². The molecule has 0 aromatic heterocycles. The van der Waals surface area contributed by atoms with E-state index >= 15 is 0 Å². The Kier molecular flexibility index (Phi) is 35.8. The molecule has 0 aliphatic carbocycles. The van der Waals surface area contributed by atoms with Crippen molar-refractivity contribution < 1.29 is 32.9 Å². The van der Waals surface area contributed by atoms with Crippen molar-refractivity contribution in [1.29, 1.82) is 0 Å². The zero-order valence-electron chi connectivity index (χ0n) is 35.3. The van der Waals surface area contributed by atoms with E-state index in [1.807, 2.05) is 21.1 Å². The molecule has 9 heteroatoms. The summed E-state index contributed by atoms with van der Waals surface area (Å²) in [6.07, 6.45) is 39.5. The fraction of sp³-hybridized carbons (Fsp3) is 0.977. The molecular formula is C43H90N2O6P+. The molecule has 3 atom stereocenters. The van der Waals surface area contributed by atoms with Crippen LogP contribution in [0.1, 0.15) is 219 Å². The van der Waals surface area contributed by atoms with E-state index in [1.165, 1.54) is 154 Å². The number of phosphoric ester groups is 1. The summed E-state index contributed by atoms with van der Waals surface area (Å²) < 4.78 is 23.4. The van der Waals surface area contributed by atoms with Crippen molar-refractivity contribution in [3.63, 3.8) is 0 Å². The third-order valence-corrected chi connectivity index (χ3v) is 11.3. The van der Waals surface area contributed by atoms with E-state index in [2.05, 4.69) is 19.2 Å². The van der Waals surface area contributed by atoms with Crippen molar-refractivity contribution in [1.82, 2.24) is 5.32 Å². The highest BCUT2D eigenvalue weighted by Crippen LogP contribution is 2.43. The zero-order valence-corrected chi connectivity index (χ0v) is 36.2. The number of phosphoric acid groups is 1. The van der Waals surface area contributed by atoms with Crippen LogP contribution in [0.3, 0.4) is 0 Å². The molecule has 312 valence electrons. The summed E-state index contributed by atoms with van der Waals surface area (Å²) in [6.45, 7) is 4.74. The van der Waals surface area contributed by atoms with Gasteiger partial charge in [0.2, 0.25) is 5.91 Å². The minimum atomic E-state index is -4.29. The van der Waals surface area contributed by atoms with Gasteiger partial charge in [-0.1, -0.05) is 200 Å². The van der Waals surface area contributed by atoms with Crippen LogP contribution in [0.15, 0.2) is 0 Å². The van der Waals surface area contributed by atoms with Gasteiger partial charge in [0, 0.05) is 6.42 Å². The summed E-state index contributed by atoms with van der Waals surface area (Å²) in [7, 11) is 1.62. The van der Waals surface area contributed by atoms with E-state index in [0.29, 0.717) is 23.9 Å². The molecule has 0 aliphatic heterocycles. The first-order valence-electron chi connectivity index (χ1n) is 22.4. The lowest BCUT2D eigenvalue weighted by Gasteiger charge is -2.26. The Morgan fingerprint density at radius 2 is 0.923 bits per heavy atom. The number of quaternary nitrogens is 1. The van der Waals surface area contributed by atoms with Crippen molar-refractivity contribution in [3.8, 4) is 0 Å². The average Bonchev–Trinajstić information content (AvgIpc) is 3.09. The largest absolute Gasteiger partial charge is 0.472 e. The van der Waals surface area contributed by atoms with Crippen molar-refractivity contribution >= 4 is 13.7 Å². The quantitative estimate of drug-likeness (QED) is 0.0325. The van der Waals surface area contributed by atoms with E-state index in [9.17, 15) is 19.4 Å². The van der Waals surface area contributed by atoms with Gasteiger partial charge in [-0.3, -0.25) is 13.8 Å². The highest BCUT2D eigenvalue weighted by Gasteiger charge is 2.28. The number of rotatable bonds is 41. The standard InChI is InChI=1S/C43H89N2O6P/c1-6-8-10-11-12-13-14-15-16-17-18-19-20-21-22-23-24-25-26-27-28-29-30-31-32-33-35-36-42(46)41(44-43(47)37-34-9-7-2)40-51-52(48,49)50-39-38-45(3,4)5/h41-42,46H,6-40H2,1-5H3,(H-,44,47,48,49)/p+1. The van der Waals surface area contributed by atoms with Gasteiger partial charge in [-0.05, 0) is 12.8 Å². The number of amides is 1. The van der Waals surface area contributed by atoms with Gasteiger partial charge in [0.05, 0.1) is 39.9 Å². The lowest BCUT2D eigenvalue weighted by atomic mass is 10.0. The molecule has 1 amide bonds. The van der Waals surface area contributed by atoms with E-state index in [1.54, 1.807) is 0 Å². The topological polar surface area (TPSA) is 105 Å². The monoisotopic (exact) mass is 762 g/mol. The Hall–Kier alpha value is -0.500. The number of likely N-dealkylation sites (N-methyl/N-ethyl adjacent to an activating group) is 1. The van der Waals surface area contributed by atoms with Crippen LogP contribution in [0.4, 0.5) is 0 Å². The molecular weight excluding hydrogens is 671 g/mol. The third kappa shape index (κ3) is 37.8. The van der Waals surface area contributed by atoms with Crippen LogP contribution in [0.25, 0.3) is 0 Å². The van der Waals surface area contributed by atoms with Crippen LogP contribution in [0.5, 0.6) is 0 Å². The second kappa shape index (κ2) is 36.2. The van der Waals surface area contributed by atoms with Crippen molar-refractivity contribution in [3.05, 3.63) is 0 Å². The second-order valence-corrected chi connectivity index (χ2v) is 18.2. The maximum Gasteiger partial charge on any atom is 0.472 e. The number of carbonyl (C=O) groups excluding carboxylic acids is 1. The van der Waals surface area contributed by atoms with Crippen LogP contribution < -0.4 is 5.32 Å². The van der Waals surface area contributed by atoms with Gasteiger partial charge in [0.1, 0.15) is 13.2 Å². The van der Waals surface area contributed by atoms with Crippen molar-refractivity contribution in [2.24, 2.45) is 0 Å². The predicted octanol–water partition coefficient (Wildman–Crippen LogP) is 12.2. The summed E-state index contributed by atoms with van der Waals surface area (Å²) in [5, 5.41) is 13.7. The molecule has 0 aromatic carbocycles. The first kappa shape index (κ1) is 51.5. The van der Waals surface area contributed by atoms with E-state index < -0.39 is 20.0 Å². The Morgan fingerprint density at radius 3 is 1.29 bits per heavy atom. The summed E-state index contributed by atoms with van der Waals surface area (Å²) in [5.41, 5.74) is 0. The van der Waals surface area contributed by atoms with Crippen LogP contribution in [0.2, 0.25) is 0 Å². The zero-order chi connectivity index (χ0) is 38.6. The van der Waals surface area contributed by atoms with Crippen LogP contribution in [-0.2, 0) is 18.4 Å². The smallest absolute Gasteiger partial charge is 0.391 e. The molecule has 0 saturated heterocycles. The molecule has 0 fully saturated rings.